The molecule has 230 valence electrons. The molecule has 0 saturated carbocycles. The molecule has 3 heteroatoms. The lowest BCUT2D eigenvalue weighted by Gasteiger charge is -2.26. The molecule has 49 heavy (non-hydrogen) atoms. The highest BCUT2D eigenvalue weighted by Gasteiger charge is 2.17. The maximum atomic E-state index is 2.38. The van der Waals surface area contributed by atoms with Crippen molar-refractivity contribution in [1.29, 1.82) is 0 Å². The lowest BCUT2D eigenvalue weighted by atomic mass is 9.95. The zero-order valence-electron chi connectivity index (χ0n) is 26.5. The molecule has 2 heterocycles. The van der Waals surface area contributed by atoms with Gasteiger partial charge in [0, 0.05) is 57.4 Å². The number of benzene rings is 8. The van der Waals surface area contributed by atoms with Crippen molar-refractivity contribution in [3.63, 3.8) is 0 Å². The summed E-state index contributed by atoms with van der Waals surface area (Å²) in [6.07, 6.45) is 0. The summed E-state index contributed by atoms with van der Waals surface area (Å²) in [5, 5.41) is 7.90. The van der Waals surface area contributed by atoms with Crippen LogP contribution in [0.3, 0.4) is 0 Å². The molecule has 8 aromatic carbocycles. The van der Waals surface area contributed by atoms with Gasteiger partial charge in [-0.1, -0.05) is 115 Å². The van der Waals surface area contributed by atoms with Crippen molar-refractivity contribution in [2.75, 3.05) is 4.90 Å². The van der Waals surface area contributed by atoms with Crippen molar-refractivity contribution in [3.05, 3.63) is 176 Å². The lowest BCUT2D eigenvalue weighted by Crippen LogP contribution is -2.09. The maximum absolute atomic E-state index is 2.38. The van der Waals surface area contributed by atoms with E-state index in [0.717, 1.165) is 17.1 Å². The van der Waals surface area contributed by atoms with Crippen LogP contribution in [0.1, 0.15) is 0 Å². The van der Waals surface area contributed by atoms with Crippen molar-refractivity contribution in [2.24, 2.45) is 0 Å². The van der Waals surface area contributed by atoms with Crippen LogP contribution in [0.4, 0.5) is 17.1 Å². The molecule has 0 aliphatic rings. The maximum Gasteiger partial charge on any atom is 0.0468 e. The van der Waals surface area contributed by atoms with E-state index in [4.69, 9.17) is 0 Å². The van der Waals surface area contributed by atoms with Crippen LogP contribution >= 0.6 is 22.7 Å². The van der Waals surface area contributed by atoms with E-state index in [0.29, 0.717) is 0 Å². The third-order valence-electron chi connectivity index (χ3n) is 9.69. The monoisotopic (exact) mass is 659 g/mol. The van der Waals surface area contributed by atoms with E-state index in [1.54, 1.807) is 0 Å². The predicted molar refractivity (Wildman–Crippen MR) is 215 cm³/mol. The minimum Gasteiger partial charge on any atom is -0.310 e. The summed E-state index contributed by atoms with van der Waals surface area (Å²) >= 11 is 3.73. The minimum absolute atomic E-state index is 1.13. The Balaban J connectivity index is 1.10. The van der Waals surface area contributed by atoms with E-state index in [-0.39, 0.29) is 0 Å². The highest BCUT2D eigenvalue weighted by atomic mass is 32.1. The van der Waals surface area contributed by atoms with Gasteiger partial charge in [-0.3, -0.25) is 0 Å². The Morgan fingerprint density at radius 3 is 1.63 bits per heavy atom. The average Bonchev–Trinajstić information content (AvgIpc) is 3.74. The van der Waals surface area contributed by atoms with Crippen LogP contribution in [0.25, 0.3) is 73.4 Å². The second-order valence-corrected chi connectivity index (χ2v) is 14.7. The highest BCUT2D eigenvalue weighted by molar-refractivity contribution is 7.26. The van der Waals surface area contributed by atoms with Crippen LogP contribution in [0.2, 0.25) is 0 Å². The normalized spacial score (nSPS) is 11.7. The van der Waals surface area contributed by atoms with Gasteiger partial charge in [0.15, 0.2) is 0 Å². The van der Waals surface area contributed by atoms with Gasteiger partial charge in [0.1, 0.15) is 0 Å². The number of fused-ring (bicyclic) bond motifs is 8. The zero-order chi connectivity index (χ0) is 32.3. The number of thiophene rings is 2. The molecule has 2 aromatic heterocycles. The molecule has 0 atom stereocenters. The van der Waals surface area contributed by atoms with E-state index in [2.05, 4.69) is 181 Å². The first-order valence-corrected chi connectivity index (χ1v) is 18.2. The standard InChI is InChI=1S/C46H29NS2/c1-2-9-30(10-3-1)31-17-21-33(22-18-31)47(35-25-27-44-41(29-35)38-11-4-6-15-42(38)48-44)34-23-19-32(20-24-34)36-13-8-14-39-37(36)26-28-45-46(39)40-12-5-7-16-43(40)49-45/h1-29H. The molecule has 1 nitrogen and oxygen atoms in total. The summed E-state index contributed by atoms with van der Waals surface area (Å²) in [5.74, 6) is 0. The number of hydrogen-bond donors (Lipinski definition) is 0. The van der Waals surface area contributed by atoms with E-state index in [9.17, 15) is 0 Å². The Hall–Kier alpha value is -5.74. The fourth-order valence-electron chi connectivity index (χ4n) is 7.36. The minimum atomic E-state index is 1.13. The lowest BCUT2D eigenvalue weighted by molar-refractivity contribution is 1.29. The Bertz CT molecular complexity index is 2810. The summed E-state index contributed by atoms with van der Waals surface area (Å²) < 4.78 is 5.31. The summed E-state index contributed by atoms with van der Waals surface area (Å²) in [6.45, 7) is 0. The Morgan fingerprint density at radius 2 is 0.857 bits per heavy atom. The molecule has 0 aliphatic carbocycles. The van der Waals surface area contributed by atoms with Crippen molar-refractivity contribution in [2.45, 2.75) is 0 Å². The first kappa shape index (κ1) is 28.3. The number of anilines is 3. The van der Waals surface area contributed by atoms with Crippen molar-refractivity contribution >= 4 is 90.9 Å². The largest absolute Gasteiger partial charge is 0.310 e. The highest BCUT2D eigenvalue weighted by Crippen LogP contribution is 2.43. The molecule has 0 amide bonds. The molecule has 0 radical (unpaired) electrons. The Labute approximate surface area is 292 Å². The van der Waals surface area contributed by atoms with Gasteiger partial charge < -0.3 is 4.90 Å². The first-order valence-electron chi connectivity index (χ1n) is 16.6. The van der Waals surface area contributed by atoms with Gasteiger partial charge in [-0.05, 0) is 93.7 Å². The van der Waals surface area contributed by atoms with Crippen LogP contribution < -0.4 is 4.90 Å². The van der Waals surface area contributed by atoms with Crippen LogP contribution in [0.15, 0.2) is 176 Å². The van der Waals surface area contributed by atoms with E-state index >= 15 is 0 Å². The summed E-state index contributed by atoms with van der Waals surface area (Å²) in [7, 11) is 0. The number of rotatable bonds is 5. The zero-order valence-corrected chi connectivity index (χ0v) is 28.1. The third-order valence-corrected chi connectivity index (χ3v) is 12.0. The van der Waals surface area contributed by atoms with Crippen molar-refractivity contribution in [3.8, 4) is 22.3 Å². The van der Waals surface area contributed by atoms with Crippen LogP contribution in [-0.2, 0) is 0 Å². The third kappa shape index (κ3) is 4.74. The van der Waals surface area contributed by atoms with Crippen molar-refractivity contribution in [1.82, 2.24) is 0 Å². The second-order valence-electron chi connectivity index (χ2n) is 12.5. The number of hydrogen-bond acceptors (Lipinski definition) is 3. The molecule has 0 fully saturated rings. The van der Waals surface area contributed by atoms with Gasteiger partial charge in [0.05, 0.1) is 0 Å². The molecular weight excluding hydrogens is 631 g/mol. The van der Waals surface area contributed by atoms with Gasteiger partial charge in [-0.2, -0.15) is 0 Å². The molecule has 0 spiro atoms. The molecule has 0 saturated heterocycles. The SMILES string of the molecule is c1ccc(-c2ccc(N(c3ccc(-c4cccc5c4ccc4sc6ccccc6c45)cc3)c3ccc4sc5ccccc5c4c3)cc2)cc1. The fraction of sp³-hybridized carbons (Fsp3) is 0. The van der Waals surface area contributed by atoms with Gasteiger partial charge in [-0.15, -0.1) is 22.7 Å². The molecule has 0 unspecified atom stereocenters. The Morgan fingerprint density at radius 1 is 0.306 bits per heavy atom. The fourth-order valence-corrected chi connectivity index (χ4v) is 9.57. The van der Waals surface area contributed by atoms with Crippen LogP contribution in [0.5, 0.6) is 0 Å². The molecule has 0 N–H and O–H groups in total. The molecular formula is C46H29NS2. The molecule has 0 aliphatic heterocycles. The molecule has 10 aromatic rings. The van der Waals surface area contributed by atoms with Crippen LogP contribution in [0, 0.1) is 0 Å². The average molecular weight is 660 g/mol. The van der Waals surface area contributed by atoms with Gasteiger partial charge in [-0.25, -0.2) is 0 Å². The second kappa shape index (κ2) is 11.5. The van der Waals surface area contributed by atoms with E-state index in [1.807, 2.05) is 22.7 Å². The summed E-state index contributed by atoms with van der Waals surface area (Å²) in [6, 6.07) is 64.4. The van der Waals surface area contributed by atoms with Gasteiger partial charge in [0.2, 0.25) is 0 Å². The van der Waals surface area contributed by atoms with E-state index in [1.165, 1.54) is 73.4 Å². The quantitative estimate of drug-likeness (QED) is 0.178. The molecule has 0 bridgehead atoms. The predicted octanol–water partition coefficient (Wildman–Crippen LogP) is 14.4. The summed E-state index contributed by atoms with van der Waals surface area (Å²) in [5.41, 5.74) is 8.30. The van der Waals surface area contributed by atoms with E-state index < -0.39 is 0 Å². The van der Waals surface area contributed by atoms with Crippen molar-refractivity contribution < 1.29 is 0 Å². The van der Waals surface area contributed by atoms with Gasteiger partial charge >= 0.3 is 0 Å². The first-order chi connectivity index (χ1) is 24.3. The number of nitrogens with zero attached hydrogens (tertiary/aromatic N) is 1. The molecule has 10 rings (SSSR count). The topological polar surface area (TPSA) is 3.24 Å². The smallest absolute Gasteiger partial charge is 0.0468 e. The van der Waals surface area contributed by atoms with Crippen LogP contribution in [-0.4, -0.2) is 0 Å². The summed E-state index contributed by atoms with van der Waals surface area (Å²) in [4.78, 5) is 2.38. The Kier molecular flexibility index (Phi) is 6.61. The van der Waals surface area contributed by atoms with Gasteiger partial charge in [0.25, 0.3) is 0 Å².